The third-order valence-electron chi connectivity index (χ3n) is 4.53. The first-order chi connectivity index (χ1) is 15.0. The maximum Gasteiger partial charge on any atom is 0.267 e. The Morgan fingerprint density at radius 1 is 1.10 bits per heavy atom. The lowest BCUT2D eigenvalue weighted by molar-refractivity contribution is 0.415. The van der Waals surface area contributed by atoms with E-state index in [1.165, 1.54) is 0 Å². The fourth-order valence-corrected chi connectivity index (χ4v) is 3.90. The number of pyridine rings is 1. The Morgan fingerprint density at radius 2 is 1.74 bits per heavy atom. The van der Waals surface area contributed by atoms with Crippen LogP contribution < -0.4 is 21.9 Å². The summed E-state index contributed by atoms with van der Waals surface area (Å²) in [6.07, 6.45) is 0. The minimum Gasteiger partial charge on any atom is -0.497 e. The number of thioether (sulfide) groups is 1. The molecule has 3 rings (SSSR count). The van der Waals surface area contributed by atoms with Gasteiger partial charge in [0.1, 0.15) is 29.3 Å². The Hall–Kier alpha value is -4.21. The smallest absolute Gasteiger partial charge is 0.267 e. The number of benzene rings is 2. The van der Waals surface area contributed by atoms with Crippen LogP contribution in [0.4, 0.5) is 0 Å². The van der Waals surface area contributed by atoms with Crippen molar-refractivity contribution in [3.05, 3.63) is 70.0 Å². The van der Waals surface area contributed by atoms with Crippen molar-refractivity contribution in [1.29, 1.82) is 10.5 Å². The summed E-state index contributed by atoms with van der Waals surface area (Å²) in [5, 5.41) is 23.3. The number of H-pyrrole nitrogens is 1. The number of methoxy groups -OCH3 is 1. The van der Waals surface area contributed by atoms with Gasteiger partial charge in [0.15, 0.2) is 0 Å². The molecule has 0 saturated carbocycles. The lowest BCUT2D eigenvalue weighted by Gasteiger charge is -2.15. The number of nitrogens with two attached hydrogens (primary N) is 2. The summed E-state index contributed by atoms with van der Waals surface area (Å²) in [7, 11) is 1.58. The van der Waals surface area contributed by atoms with Crippen LogP contribution in [-0.4, -0.2) is 23.7 Å². The van der Waals surface area contributed by atoms with Gasteiger partial charge in [-0.3, -0.25) is 4.79 Å². The third-order valence-corrected chi connectivity index (χ3v) is 5.57. The van der Waals surface area contributed by atoms with Crippen molar-refractivity contribution >= 4 is 17.6 Å². The minimum absolute atomic E-state index is 0.137. The van der Waals surface area contributed by atoms with Crippen LogP contribution in [0.1, 0.15) is 11.1 Å². The highest BCUT2D eigenvalue weighted by atomic mass is 32.2. The first-order valence-corrected chi connectivity index (χ1v) is 10.0. The molecule has 1 aromatic heterocycles. The van der Waals surface area contributed by atoms with E-state index in [4.69, 9.17) is 16.3 Å². The molecule has 0 aliphatic heterocycles. The van der Waals surface area contributed by atoms with Crippen molar-refractivity contribution < 1.29 is 4.74 Å². The molecule has 0 atom stereocenters. The average Bonchev–Trinajstić information content (AvgIpc) is 2.82. The van der Waals surface area contributed by atoms with E-state index in [9.17, 15) is 15.3 Å². The van der Waals surface area contributed by atoms with Crippen LogP contribution in [0, 0.1) is 22.7 Å². The number of hydrazone groups is 1. The molecule has 0 aliphatic rings. The molecule has 0 radical (unpaired) electrons. The average molecular weight is 430 g/mol. The molecular formula is C22H18N6O2S. The Bertz CT molecular complexity index is 1280. The van der Waals surface area contributed by atoms with Crippen molar-refractivity contribution in [2.75, 3.05) is 12.9 Å². The second-order valence-electron chi connectivity index (χ2n) is 6.32. The molecule has 0 amide bonds. The molecule has 8 nitrogen and oxygen atoms in total. The number of aromatic amines is 1. The monoisotopic (exact) mass is 430 g/mol. The number of nitrogens with one attached hydrogen (secondary N) is 1. The highest BCUT2D eigenvalue weighted by molar-refractivity contribution is 8.00. The number of rotatable bonds is 6. The summed E-state index contributed by atoms with van der Waals surface area (Å²) < 4.78 is 5.22. The molecule has 0 aliphatic carbocycles. The van der Waals surface area contributed by atoms with Crippen LogP contribution >= 0.6 is 11.8 Å². The Balaban J connectivity index is 2.27. The molecule has 9 heteroatoms. The van der Waals surface area contributed by atoms with Crippen molar-refractivity contribution in [2.24, 2.45) is 16.7 Å². The molecule has 0 fully saturated rings. The van der Waals surface area contributed by atoms with Crippen molar-refractivity contribution in [3.63, 3.8) is 0 Å². The number of hydrogen-bond acceptors (Lipinski definition) is 7. The number of nitriles is 2. The number of amidine groups is 1. The van der Waals surface area contributed by atoms with Crippen LogP contribution in [0.3, 0.4) is 0 Å². The number of hydrogen-bond donors (Lipinski definition) is 3. The van der Waals surface area contributed by atoms with Crippen LogP contribution in [0.25, 0.3) is 22.3 Å². The lowest BCUT2D eigenvalue weighted by atomic mass is 9.90. The van der Waals surface area contributed by atoms with Gasteiger partial charge in [-0.15, -0.1) is 0 Å². The van der Waals surface area contributed by atoms with Crippen LogP contribution in [0.15, 0.2) is 63.5 Å². The van der Waals surface area contributed by atoms with Crippen LogP contribution in [-0.2, 0) is 0 Å². The van der Waals surface area contributed by atoms with Gasteiger partial charge < -0.3 is 21.3 Å². The Kier molecular flexibility index (Phi) is 6.61. The Morgan fingerprint density at radius 3 is 2.32 bits per heavy atom. The molecule has 0 bridgehead atoms. The van der Waals surface area contributed by atoms with Gasteiger partial charge in [0.25, 0.3) is 5.56 Å². The van der Waals surface area contributed by atoms with E-state index in [2.05, 4.69) is 16.2 Å². The zero-order valence-corrected chi connectivity index (χ0v) is 17.4. The number of nitrogens with zero attached hydrogens (tertiary/aromatic N) is 3. The minimum atomic E-state index is -0.591. The van der Waals surface area contributed by atoms with E-state index >= 15 is 0 Å². The third kappa shape index (κ3) is 4.37. The highest BCUT2D eigenvalue weighted by Gasteiger charge is 2.22. The van der Waals surface area contributed by atoms with Crippen molar-refractivity contribution in [1.82, 2.24) is 4.98 Å². The summed E-state index contributed by atoms with van der Waals surface area (Å²) in [5.41, 5.74) is 7.56. The summed E-state index contributed by atoms with van der Waals surface area (Å²) in [4.78, 5) is 15.3. The zero-order valence-electron chi connectivity index (χ0n) is 16.5. The molecule has 5 N–H and O–H groups in total. The first kappa shape index (κ1) is 21.5. The fraction of sp³-hybridized carbons (Fsp3) is 0.0909. The van der Waals surface area contributed by atoms with Crippen molar-refractivity contribution in [3.8, 4) is 40.1 Å². The summed E-state index contributed by atoms with van der Waals surface area (Å²) in [5.74, 6) is 6.19. The van der Waals surface area contributed by atoms with Gasteiger partial charge in [-0.2, -0.15) is 15.6 Å². The van der Waals surface area contributed by atoms with E-state index in [0.717, 1.165) is 22.9 Å². The summed E-state index contributed by atoms with van der Waals surface area (Å²) in [6.45, 7) is 0. The zero-order chi connectivity index (χ0) is 22.4. The first-order valence-electron chi connectivity index (χ1n) is 9.03. The van der Waals surface area contributed by atoms with E-state index in [0.29, 0.717) is 11.3 Å². The van der Waals surface area contributed by atoms with E-state index in [1.807, 2.05) is 42.5 Å². The maximum absolute atomic E-state index is 12.7. The van der Waals surface area contributed by atoms with Crippen LogP contribution in [0.5, 0.6) is 5.75 Å². The highest BCUT2D eigenvalue weighted by Crippen LogP contribution is 2.37. The normalized spacial score (nSPS) is 10.9. The molecule has 1 heterocycles. The lowest BCUT2D eigenvalue weighted by Crippen LogP contribution is -2.19. The van der Waals surface area contributed by atoms with E-state index in [1.54, 1.807) is 19.2 Å². The maximum atomic E-state index is 12.7. The molecule has 0 unspecified atom stereocenters. The number of aromatic nitrogens is 1. The van der Waals surface area contributed by atoms with Gasteiger partial charge in [-0.05, 0) is 28.8 Å². The second-order valence-corrected chi connectivity index (χ2v) is 7.30. The van der Waals surface area contributed by atoms with E-state index in [-0.39, 0.29) is 33.3 Å². The SMILES string of the molecule is COc1ccc(-c2ccccc2-c2c(C#N)c(SC/C(N)=N/N)[nH]c(=O)c2C#N)cc1. The molecule has 154 valence electrons. The molecule has 2 aromatic carbocycles. The van der Waals surface area contributed by atoms with Gasteiger partial charge in [-0.25, -0.2) is 0 Å². The van der Waals surface area contributed by atoms with Gasteiger partial charge in [0.05, 0.1) is 23.5 Å². The van der Waals surface area contributed by atoms with Gasteiger partial charge >= 0.3 is 0 Å². The second kappa shape index (κ2) is 9.53. The molecular weight excluding hydrogens is 412 g/mol. The topological polar surface area (TPSA) is 154 Å². The predicted octanol–water partition coefficient (Wildman–Crippen LogP) is 2.78. The predicted molar refractivity (Wildman–Crippen MR) is 120 cm³/mol. The Labute approximate surface area is 182 Å². The molecule has 0 spiro atoms. The number of ether oxygens (including phenoxy) is 1. The van der Waals surface area contributed by atoms with Gasteiger partial charge in [-0.1, -0.05) is 48.2 Å². The molecule has 3 aromatic rings. The summed E-state index contributed by atoms with van der Waals surface area (Å²) >= 11 is 1.11. The van der Waals surface area contributed by atoms with Crippen LogP contribution in [0.2, 0.25) is 0 Å². The standard InChI is InChI=1S/C22H18N6O2S/c1-30-14-8-6-13(7-9-14)15-4-2-3-5-16(15)20-17(10-23)21(29)27-22(18(20)11-24)31-12-19(25)28-26/h2-9H,12,26H2,1H3,(H2,25,28)(H,27,29). The molecule has 0 saturated heterocycles. The van der Waals surface area contributed by atoms with E-state index < -0.39 is 5.56 Å². The quantitative estimate of drug-likeness (QED) is 0.179. The van der Waals surface area contributed by atoms with Crippen molar-refractivity contribution in [2.45, 2.75) is 5.03 Å². The summed E-state index contributed by atoms with van der Waals surface area (Å²) in [6, 6.07) is 18.7. The largest absolute Gasteiger partial charge is 0.497 e. The van der Waals surface area contributed by atoms with Gasteiger partial charge in [0.2, 0.25) is 0 Å². The fourth-order valence-electron chi connectivity index (χ4n) is 3.08. The molecule has 31 heavy (non-hydrogen) atoms. The van der Waals surface area contributed by atoms with Gasteiger partial charge in [0, 0.05) is 5.56 Å².